The van der Waals surface area contributed by atoms with Crippen molar-refractivity contribution in [2.45, 2.75) is 20.3 Å². The Hall–Kier alpha value is -2.01. The second-order valence-electron chi connectivity index (χ2n) is 4.92. The fraction of sp³-hybridized carbons (Fsp3) is 0.250. The minimum atomic E-state index is -0.270. The smallest absolute Gasteiger partial charge is 0.163 e. The first kappa shape index (κ1) is 13.9. The van der Waals surface area contributed by atoms with Crippen LogP contribution in [-0.4, -0.2) is 16.5 Å². The van der Waals surface area contributed by atoms with Gasteiger partial charge in [-0.15, -0.1) is 11.3 Å². The highest BCUT2D eigenvalue weighted by atomic mass is 32.1. The molecule has 0 aliphatic rings. The molecule has 2 heterocycles. The van der Waals surface area contributed by atoms with Crippen LogP contribution in [0, 0.1) is 12.7 Å². The molecule has 21 heavy (non-hydrogen) atoms. The van der Waals surface area contributed by atoms with Gasteiger partial charge in [0.25, 0.3) is 0 Å². The molecule has 0 saturated carbocycles. The molecule has 0 radical (unpaired) electrons. The highest BCUT2D eigenvalue weighted by molar-refractivity contribution is 7.16. The Kier molecular flexibility index (Phi) is 3.84. The summed E-state index contributed by atoms with van der Waals surface area (Å²) in [4.78, 5) is 10.1. The van der Waals surface area contributed by atoms with Crippen LogP contribution in [0.15, 0.2) is 29.6 Å². The molecule has 0 spiro atoms. The molecule has 0 unspecified atom stereocenters. The average molecular weight is 301 g/mol. The second kappa shape index (κ2) is 5.77. The van der Waals surface area contributed by atoms with E-state index in [1.165, 1.54) is 12.1 Å². The monoisotopic (exact) mass is 301 g/mol. The number of fused-ring (bicyclic) bond motifs is 1. The first-order chi connectivity index (χ1) is 10.2. The van der Waals surface area contributed by atoms with Crippen molar-refractivity contribution in [1.29, 1.82) is 0 Å². The molecule has 0 atom stereocenters. The molecule has 5 heteroatoms. The van der Waals surface area contributed by atoms with Crippen molar-refractivity contribution in [3.8, 4) is 11.4 Å². The molecule has 3 rings (SSSR count). The Bertz CT molecular complexity index is 782. The minimum Gasteiger partial charge on any atom is -0.369 e. The van der Waals surface area contributed by atoms with Gasteiger partial charge in [-0.3, -0.25) is 0 Å². The quantitative estimate of drug-likeness (QED) is 0.763. The Morgan fingerprint density at radius 2 is 2.10 bits per heavy atom. The van der Waals surface area contributed by atoms with Gasteiger partial charge in [-0.25, -0.2) is 14.4 Å². The zero-order valence-electron chi connectivity index (χ0n) is 12.0. The predicted molar refractivity (Wildman–Crippen MR) is 86.3 cm³/mol. The summed E-state index contributed by atoms with van der Waals surface area (Å²) in [6, 6.07) is 6.72. The van der Waals surface area contributed by atoms with E-state index in [0.29, 0.717) is 5.82 Å². The van der Waals surface area contributed by atoms with Gasteiger partial charge in [-0.05, 0) is 42.5 Å². The van der Waals surface area contributed by atoms with E-state index in [1.807, 2.05) is 18.4 Å². The van der Waals surface area contributed by atoms with Crippen LogP contribution in [0.2, 0.25) is 0 Å². The number of aryl methyl sites for hydroxylation is 1. The number of rotatable bonds is 4. The molecular weight excluding hydrogens is 285 g/mol. The maximum Gasteiger partial charge on any atom is 0.163 e. The van der Waals surface area contributed by atoms with Crippen molar-refractivity contribution in [1.82, 2.24) is 9.97 Å². The highest BCUT2D eigenvalue weighted by Gasteiger charge is 2.12. The third-order valence-corrected chi connectivity index (χ3v) is 4.11. The van der Waals surface area contributed by atoms with Crippen molar-refractivity contribution < 1.29 is 4.39 Å². The molecule has 0 amide bonds. The van der Waals surface area contributed by atoms with E-state index in [2.05, 4.69) is 22.2 Å². The topological polar surface area (TPSA) is 37.8 Å². The number of nitrogens with one attached hydrogen (secondary N) is 1. The number of benzene rings is 1. The number of anilines is 1. The van der Waals surface area contributed by atoms with Gasteiger partial charge < -0.3 is 5.32 Å². The standard InChI is InChI=1S/C16H16FN3S/c1-3-7-18-14-12-6-8-21-16(12)20-15(19-14)13-9-11(17)5-4-10(13)2/h4-6,8-9H,3,7H2,1-2H3,(H,18,19,20). The van der Waals surface area contributed by atoms with Gasteiger partial charge in [0, 0.05) is 12.1 Å². The average Bonchev–Trinajstić information content (AvgIpc) is 2.95. The molecule has 0 fully saturated rings. The normalized spacial score (nSPS) is 11.0. The summed E-state index contributed by atoms with van der Waals surface area (Å²) in [5.74, 6) is 1.12. The van der Waals surface area contributed by atoms with Crippen LogP contribution in [0.5, 0.6) is 0 Å². The predicted octanol–water partition coefficient (Wildman–Crippen LogP) is 4.63. The van der Waals surface area contributed by atoms with Gasteiger partial charge in [-0.2, -0.15) is 0 Å². The van der Waals surface area contributed by atoms with E-state index < -0.39 is 0 Å². The van der Waals surface area contributed by atoms with Crippen molar-refractivity contribution in [2.24, 2.45) is 0 Å². The van der Waals surface area contributed by atoms with Gasteiger partial charge in [-0.1, -0.05) is 13.0 Å². The Morgan fingerprint density at radius 1 is 1.24 bits per heavy atom. The van der Waals surface area contributed by atoms with Gasteiger partial charge in [0.15, 0.2) is 5.82 Å². The number of halogens is 1. The summed E-state index contributed by atoms with van der Waals surface area (Å²) in [5.41, 5.74) is 1.71. The lowest BCUT2D eigenvalue weighted by molar-refractivity contribution is 0.628. The third kappa shape index (κ3) is 2.74. The Labute approximate surface area is 126 Å². The van der Waals surface area contributed by atoms with E-state index >= 15 is 0 Å². The molecule has 3 nitrogen and oxygen atoms in total. The third-order valence-electron chi connectivity index (χ3n) is 3.31. The van der Waals surface area contributed by atoms with Crippen molar-refractivity contribution in [3.05, 3.63) is 41.0 Å². The summed E-state index contributed by atoms with van der Waals surface area (Å²) < 4.78 is 13.5. The van der Waals surface area contributed by atoms with Crippen molar-refractivity contribution in [3.63, 3.8) is 0 Å². The number of aromatic nitrogens is 2. The lowest BCUT2D eigenvalue weighted by Gasteiger charge is -2.09. The molecule has 1 aromatic carbocycles. The number of nitrogens with zero attached hydrogens (tertiary/aromatic N) is 2. The molecule has 2 aromatic heterocycles. The van der Waals surface area contributed by atoms with E-state index in [9.17, 15) is 4.39 Å². The van der Waals surface area contributed by atoms with Crippen LogP contribution in [-0.2, 0) is 0 Å². The molecule has 108 valence electrons. The lowest BCUT2D eigenvalue weighted by atomic mass is 10.1. The fourth-order valence-corrected chi connectivity index (χ4v) is 2.95. The largest absolute Gasteiger partial charge is 0.369 e. The van der Waals surface area contributed by atoms with E-state index in [0.717, 1.165) is 40.1 Å². The molecule has 0 aliphatic carbocycles. The summed E-state index contributed by atoms with van der Waals surface area (Å²) in [6.45, 7) is 4.90. The maximum atomic E-state index is 13.5. The zero-order chi connectivity index (χ0) is 14.8. The number of hydrogen-bond donors (Lipinski definition) is 1. The van der Waals surface area contributed by atoms with Gasteiger partial charge in [0.05, 0.1) is 5.39 Å². The molecule has 0 bridgehead atoms. The van der Waals surface area contributed by atoms with E-state index in [1.54, 1.807) is 17.4 Å². The molecular formula is C16H16FN3S. The van der Waals surface area contributed by atoms with E-state index in [4.69, 9.17) is 0 Å². The molecule has 3 aromatic rings. The minimum absolute atomic E-state index is 0.270. The van der Waals surface area contributed by atoms with Crippen LogP contribution in [0.25, 0.3) is 21.6 Å². The molecule has 0 aliphatic heterocycles. The Balaban J connectivity index is 2.16. The summed E-state index contributed by atoms with van der Waals surface area (Å²) in [5, 5.41) is 6.35. The highest BCUT2D eigenvalue weighted by Crippen LogP contribution is 2.29. The fourth-order valence-electron chi connectivity index (χ4n) is 2.19. The summed E-state index contributed by atoms with van der Waals surface area (Å²) in [7, 11) is 0. The van der Waals surface area contributed by atoms with Crippen LogP contribution in [0.4, 0.5) is 10.2 Å². The van der Waals surface area contributed by atoms with Crippen LogP contribution < -0.4 is 5.32 Å². The van der Waals surface area contributed by atoms with Gasteiger partial charge in [0.2, 0.25) is 0 Å². The summed E-state index contributed by atoms with van der Waals surface area (Å²) >= 11 is 1.57. The van der Waals surface area contributed by atoms with Crippen LogP contribution >= 0.6 is 11.3 Å². The second-order valence-corrected chi connectivity index (χ2v) is 5.82. The first-order valence-electron chi connectivity index (χ1n) is 6.94. The zero-order valence-corrected chi connectivity index (χ0v) is 12.8. The number of thiophene rings is 1. The first-order valence-corrected chi connectivity index (χ1v) is 7.82. The van der Waals surface area contributed by atoms with Gasteiger partial charge >= 0.3 is 0 Å². The molecule has 0 saturated heterocycles. The van der Waals surface area contributed by atoms with Crippen LogP contribution in [0.1, 0.15) is 18.9 Å². The van der Waals surface area contributed by atoms with Crippen molar-refractivity contribution >= 4 is 27.4 Å². The maximum absolute atomic E-state index is 13.5. The van der Waals surface area contributed by atoms with Gasteiger partial charge in [0.1, 0.15) is 16.5 Å². The van der Waals surface area contributed by atoms with E-state index in [-0.39, 0.29) is 5.82 Å². The Morgan fingerprint density at radius 3 is 2.90 bits per heavy atom. The molecule has 1 N–H and O–H groups in total. The number of hydrogen-bond acceptors (Lipinski definition) is 4. The SMILES string of the molecule is CCCNc1nc(-c2cc(F)ccc2C)nc2sccc12. The van der Waals surface area contributed by atoms with Crippen LogP contribution in [0.3, 0.4) is 0 Å². The lowest BCUT2D eigenvalue weighted by Crippen LogP contribution is -2.04. The van der Waals surface area contributed by atoms with Crippen molar-refractivity contribution in [2.75, 3.05) is 11.9 Å². The summed E-state index contributed by atoms with van der Waals surface area (Å²) in [6.07, 6.45) is 1.02.